The van der Waals surface area contributed by atoms with Crippen molar-refractivity contribution in [1.82, 2.24) is 5.32 Å². The Morgan fingerprint density at radius 3 is 2.67 bits per heavy atom. The first-order valence-electron chi connectivity index (χ1n) is 5.80. The molecular formula is C11H19NO2S. The minimum Gasteiger partial charge on any atom is -0.480 e. The van der Waals surface area contributed by atoms with Gasteiger partial charge in [-0.2, -0.15) is 0 Å². The second-order valence-electron chi connectivity index (χ2n) is 4.69. The van der Waals surface area contributed by atoms with Crippen molar-refractivity contribution in [2.75, 3.05) is 5.75 Å². The van der Waals surface area contributed by atoms with Gasteiger partial charge in [0.1, 0.15) is 6.04 Å². The lowest BCUT2D eigenvalue weighted by molar-refractivity contribution is -0.139. The van der Waals surface area contributed by atoms with Crippen LogP contribution < -0.4 is 5.32 Å². The molecule has 1 saturated heterocycles. The van der Waals surface area contributed by atoms with Gasteiger partial charge < -0.3 is 5.11 Å². The van der Waals surface area contributed by atoms with E-state index < -0.39 is 5.97 Å². The van der Waals surface area contributed by atoms with E-state index in [2.05, 4.69) is 12.2 Å². The van der Waals surface area contributed by atoms with E-state index in [1.54, 1.807) is 0 Å². The lowest BCUT2D eigenvalue weighted by Gasteiger charge is -2.36. The number of hydrogen-bond donors (Lipinski definition) is 2. The van der Waals surface area contributed by atoms with Crippen LogP contribution in [0.15, 0.2) is 0 Å². The second-order valence-corrected chi connectivity index (χ2v) is 6.10. The van der Waals surface area contributed by atoms with Crippen molar-refractivity contribution in [1.29, 1.82) is 0 Å². The van der Waals surface area contributed by atoms with Crippen LogP contribution >= 0.6 is 11.8 Å². The minimum atomic E-state index is -0.697. The molecule has 0 bridgehead atoms. The molecule has 86 valence electrons. The Kier molecular flexibility index (Phi) is 3.26. The number of nitrogens with one attached hydrogen (secondary N) is 1. The topological polar surface area (TPSA) is 49.3 Å². The van der Waals surface area contributed by atoms with Crippen molar-refractivity contribution in [2.45, 2.75) is 49.9 Å². The van der Waals surface area contributed by atoms with E-state index in [1.807, 2.05) is 11.8 Å². The fraction of sp³-hybridized carbons (Fsp3) is 0.909. The number of carbonyl (C=O) groups is 1. The summed E-state index contributed by atoms with van der Waals surface area (Å²) in [7, 11) is 0. The summed E-state index contributed by atoms with van der Waals surface area (Å²) < 4.78 is 0. The Bertz CT molecular complexity index is 249. The van der Waals surface area contributed by atoms with Crippen LogP contribution in [0, 0.1) is 5.92 Å². The molecule has 4 heteroatoms. The Labute approximate surface area is 95.0 Å². The monoisotopic (exact) mass is 229 g/mol. The molecule has 0 amide bonds. The van der Waals surface area contributed by atoms with Crippen molar-refractivity contribution >= 4 is 17.7 Å². The highest BCUT2D eigenvalue weighted by Crippen LogP contribution is 2.44. The van der Waals surface area contributed by atoms with E-state index in [9.17, 15) is 4.79 Å². The predicted molar refractivity (Wildman–Crippen MR) is 62.0 cm³/mol. The first kappa shape index (κ1) is 11.3. The molecule has 0 aromatic carbocycles. The van der Waals surface area contributed by atoms with Crippen LogP contribution in [0.4, 0.5) is 0 Å². The van der Waals surface area contributed by atoms with Crippen LogP contribution in [-0.2, 0) is 4.79 Å². The van der Waals surface area contributed by atoms with Gasteiger partial charge in [0.2, 0.25) is 0 Å². The van der Waals surface area contributed by atoms with Gasteiger partial charge >= 0.3 is 5.97 Å². The molecule has 0 radical (unpaired) electrons. The Morgan fingerprint density at radius 1 is 1.53 bits per heavy atom. The number of rotatable bonds is 2. The van der Waals surface area contributed by atoms with Gasteiger partial charge in [-0.15, -0.1) is 11.8 Å². The molecule has 2 N–H and O–H groups in total. The van der Waals surface area contributed by atoms with Crippen molar-refractivity contribution in [2.24, 2.45) is 5.92 Å². The molecule has 1 saturated carbocycles. The molecule has 0 aromatic rings. The largest absolute Gasteiger partial charge is 0.480 e. The average molecular weight is 229 g/mol. The smallest absolute Gasteiger partial charge is 0.321 e. The van der Waals surface area contributed by atoms with E-state index >= 15 is 0 Å². The summed E-state index contributed by atoms with van der Waals surface area (Å²) in [6.45, 7) is 2.25. The summed E-state index contributed by atoms with van der Waals surface area (Å²) in [6, 6.07) is -0.326. The predicted octanol–water partition coefficient (Wildman–Crippen LogP) is 2.07. The Hall–Kier alpha value is -0.220. The lowest BCUT2D eigenvalue weighted by atomic mass is 9.84. The van der Waals surface area contributed by atoms with Crippen LogP contribution in [0.25, 0.3) is 0 Å². The maximum atomic E-state index is 10.9. The molecule has 2 rings (SSSR count). The number of thioether (sulfide) groups is 1. The number of aliphatic carboxylic acids is 1. The van der Waals surface area contributed by atoms with Gasteiger partial charge in [-0.3, -0.25) is 10.1 Å². The Balaban J connectivity index is 1.92. The molecule has 2 aliphatic rings. The maximum absolute atomic E-state index is 10.9. The zero-order valence-electron chi connectivity index (χ0n) is 9.16. The molecule has 1 aliphatic heterocycles. The maximum Gasteiger partial charge on any atom is 0.321 e. The summed E-state index contributed by atoms with van der Waals surface area (Å²) in [4.78, 5) is 11.0. The van der Waals surface area contributed by atoms with Gasteiger partial charge in [0, 0.05) is 5.75 Å². The van der Waals surface area contributed by atoms with Gasteiger partial charge in [0.25, 0.3) is 0 Å². The number of hydrogen-bond acceptors (Lipinski definition) is 3. The second kappa shape index (κ2) is 4.34. The SMILES string of the molecule is CCC1CCC2(CC1)NC(C(=O)O)CS2. The fourth-order valence-electron chi connectivity index (χ4n) is 2.62. The van der Waals surface area contributed by atoms with Crippen LogP contribution in [0.1, 0.15) is 39.0 Å². The number of carboxylic acids is 1. The van der Waals surface area contributed by atoms with Gasteiger partial charge in [-0.25, -0.2) is 0 Å². The first-order valence-corrected chi connectivity index (χ1v) is 6.78. The zero-order chi connectivity index (χ0) is 10.9. The van der Waals surface area contributed by atoms with E-state index in [-0.39, 0.29) is 10.9 Å². The Morgan fingerprint density at radius 2 is 2.20 bits per heavy atom. The van der Waals surface area contributed by atoms with Gasteiger partial charge in [0.15, 0.2) is 0 Å². The molecule has 1 unspecified atom stereocenters. The number of carboxylic acid groups (broad SMARTS) is 1. The molecule has 1 atom stereocenters. The lowest BCUT2D eigenvalue weighted by Crippen LogP contribution is -2.47. The molecule has 1 spiro atoms. The minimum absolute atomic E-state index is 0.0920. The third-order valence-corrected chi connectivity index (χ3v) is 5.33. The molecule has 1 aliphatic carbocycles. The molecule has 1 heterocycles. The third-order valence-electron chi connectivity index (χ3n) is 3.75. The third kappa shape index (κ3) is 2.31. The summed E-state index contributed by atoms with van der Waals surface area (Å²) >= 11 is 1.82. The van der Waals surface area contributed by atoms with Crippen molar-refractivity contribution < 1.29 is 9.90 Å². The summed E-state index contributed by atoms with van der Waals surface area (Å²) in [5, 5.41) is 12.3. The van der Waals surface area contributed by atoms with E-state index in [0.29, 0.717) is 0 Å². The molecule has 0 aromatic heterocycles. The zero-order valence-corrected chi connectivity index (χ0v) is 9.98. The molecular weight excluding hydrogens is 210 g/mol. The van der Waals surface area contributed by atoms with Crippen molar-refractivity contribution in [3.8, 4) is 0 Å². The first-order chi connectivity index (χ1) is 7.15. The van der Waals surface area contributed by atoms with Gasteiger partial charge in [-0.1, -0.05) is 13.3 Å². The summed E-state index contributed by atoms with van der Waals surface area (Å²) in [5.41, 5.74) is 0. The van der Waals surface area contributed by atoms with Crippen LogP contribution in [-0.4, -0.2) is 27.7 Å². The van der Waals surface area contributed by atoms with Crippen LogP contribution in [0.5, 0.6) is 0 Å². The van der Waals surface area contributed by atoms with Gasteiger partial charge in [0.05, 0.1) is 4.87 Å². The quantitative estimate of drug-likeness (QED) is 0.761. The summed E-state index contributed by atoms with van der Waals surface area (Å²) in [6.07, 6.45) is 6.05. The summed E-state index contributed by atoms with van der Waals surface area (Å²) in [5.74, 6) is 0.894. The normalized spacial score (nSPS) is 40.9. The van der Waals surface area contributed by atoms with E-state index in [4.69, 9.17) is 5.11 Å². The van der Waals surface area contributed by atoms with Crippen molar-refractivity contribution in [3.05, 3.63) is 0 Å². The molecule has 15 heavy (non-hydrogen) atoms. The highest BCUT2D eigenvalue weighted by Gasteiger charge is 2.43. The van der Waals surface area contributed by atoms with Crippen LogP contribution in [0.3, 0.4) is 0 Å². The molecule has 3 nitrogen and oxygen atoms in total. The van der Waals surface area contributed by atoms with E-state index in [1.165, 1.54) is 19.3 Å². The van der Waals surface area contributed by atoms with E-state index in [0.717, 1.165) is 24.5 Å². The van der Waals surface area contributed by atoms with Gasteiger partial charge in [-0.05, 0) is 31.6 Å². The fourth-order valence-corrected chi connectivity index (χ4v) is 4.08. The highest BCUT2D eigenvalue weighted by molar-refractivity contribution is 8.00. The van der Waals surface area contributed by atoms with Crippen molar-refractivity contribution in [3.63, 3.8) is 0 Å². The standard InChI is InChI=1S/C11H19NO2S/c1-2-8-3-5-11(6-4-8)12-9(7-15-11)10(13)14/h8-9,12H,2-7H2,1H3,(H,13,14). The average Bonchev–Trinajstić information content (AvgIpc) is 2.64. The molecule has 2 fully saturated rings. The highest BCUT2D eigenvalue weighted by atomic mass is 32.2. The van der Waals surface area contributed by atoms with Crippen LogP contribution in [0.2, 0.25) is 0 Å².